The van der Waals surface area contributed by atoms with Crippen LogP contribution in [-0.4, -0.2) is 30.8 Å². The minimum atomic E-state index is -3.18. The van der Waals surface area contributed by atoms with Crippen LogP contribution in [0.4, 0.5) is 0 Å². The molecule has 18 heavy (non-hydrogen) atoms. The average molecular weight is 284 g/mol. The van der Waals surface area contributed by atoms with Crippen molar-refractivity contribution >= 4 is 27.2 Å². The van der Waals surface area contributed by atoms with Gasteiger partial charge in [-0.05, 0) is 18.4 Å². The minimum absolute atomic E-state index is 0.0462. The van der Waals surface area contributed by atoms with Crippen LogP contribution in [0.3, 0.4) is 0 Å². The van der Waals surface area contributed by atoms with Crippen LogP contribution in [0.25, 0.3) is 0 Å². The van der Waals surface area contributed by atoms with E-state index in [1.165, 1.54) is 0 Å². The van der Waals surface area contributed by atoms with Crippen molar-refractivity contribution < 1.29 is 8.42 Å². The fourth-order valence-corrected chi connectivity index (χ4v) is 3.78. The number of thiocarbonyl (C=S) groups is 1. The van der Waals surface area contributed by atoms with E-state index in [2.05, 4.69) is 0 Å². The molecule has 0 aromatic heterocycles. The van der Waals surface area contributed by atoms with Gasteiger partial charge in [-0.1, -0.05) is 36.5 Å². The van der Waals surface area contributed by atoms with Gasteiger partial charge in [-0.25, -0.2) is 12.7 Å². The van der Waals surface area contributed by atoms with E-state index in [1.54, 1.807) is 28.6 Å². The lowest BCUT2D eigenvalue weighted by atomic mass is 10.1. The van der Waals surface area contributed by atoms with Gasteiger partial charge < -0.3 is 5.73 Å². The summed E-state index contributed by atoms with van der Waals surface area (Å²) >= 11 is 4.85. The average Bonchev–Trinajstić information content (AvgIpc) is 2.83. The third-order valence-electron chi connectivity index (χ3n) is 3.05. The number of sulfonamides is 1. The molecule has 1 aromatic carbocycles. The van der Waals surface area contributed by atoms with Crippen LogP contribution >= 0.6 is 12.2 Å². The Morgan fingerprint density at radius 3 is 2.28 bits per heavy atom. The third kappa shape index (κ3) is 3.07. The molecule has 1 fully saturated rings. The minimum Gasteiger partial charge on any atom is -0.389 e. The summed E-state index contributed by atoms with van der Waals surface area (Å²) in [7, 11) is -3.18. The highest BCUT2D eigenvalue weighted by atomic mass is 32.2. The molecule has 0 saturated carbocycles. The Hall–Kier alpha value is -0.980. The fraction of sp³-hybridized carbons (Fsp3) is 0.417. The van der Waals surface area contributed by atoms with Gasteiger partial charge in [0.1, 0.15) is 4.99 Å². The molecule has 0 radical (unpaired) electrons. The summed E-state index contributed by atoms with van der Waals surface area (Å²) in [6, 6.07) is 7.05. The Balaban J connectivity index is 2.11. The van der Waals surface area contributed by atoms with Crippen LogP contribution in [0.2, 0.25) is 0 Å². The standard InChI is InChI=1S/C12H16N2O2S2/c13-12(17)11-5-3-10(4-6-11)9-18(15,16)14-7-1-2-8-14/h3-6H,1-2,7-9H2,(H2,13,17). The molecule has 0 unspecified atom stereocenters. The molecule has 2 rings (SSSR count). The summed E-state index contributed by atoms with van der Waals surface area (Å²) in [6.07, 6.45) is 1.92. The highest BCUT2D eigenvalue weighted by Crippen LogP contribution is 2.17. The number of rotatable bonds is 4. The van der Waals surface area contributed by atoms with Crippen LogP contribution in [0, 0.1) is 0 Å². The van der Waals surface area contributed by atoms with E-state index >= 15 is 0 Å². The normalized spacial score (nSPS) is 16.9. The fourth-order valence-electron chi connectivity index (χ4n) is 2.03. The van der Waals surface area contributed by atoms with Gasteiger partial charge in [0.2, 0.25) is 10.0 Å². The van der Waals surface area contributed by atoms with E-state index in [9.17, 15) is 8.42 Å². The van der Waals surface area contributed by atoms with E-state index in [0.29, 0.717) is 18.1 Å². The molecule has 0 bridgehead atoms. The molecule has 1 aliphatic heterocycles. The summed E-state index contributed by atoms with van der Waals surface area (Å²) in [4.78, 5) is 0.323. The smallest absolute Gasteiger partial charge is 0.218 e. The van der Waals surface area contributed by atoms with E-state index in [-0.39, 0.29) is 5.75 Å². The Morgan fingerprint density at radius 1 is 1.22 bits per heavy atom. The van der Waals surface area contributed by atoms with Crippen LogP contribution in [0.15, 0.2) is 24.3 Å². The van der Waals surface area contributed by atoms with Crippen molar-refractivity contribution in [2.45, 2.75) is 18.6 Å². The monoisotopic (exact) mass is 284 g/mol. The highest BCUT2D eigenvalue weighted by Gasteiger charge is 2.25. The maximum atomic E-state index is 12.1. The zero-order valence-electron chi connectivity index (χ0n) is 10.0. The lowest BCUT2D eigenvalue weighted by Crippen LogP contribution is -2.29. The van der Waals surface area contributed by atoms with E-state index in [4.69, 9.17) is 18.0 Å². The molecule has 0 amide bonds. The topological polar surface area (TPSA) is 63.4 Å². The largest absolute Gasteiger partial charge is 0.389 e. The first-order valence-corrected chi connectivity index (χ1v) is 7.87. The summed E-state index contributed by atoms with van der Waals surface area (Å²) in [5.41, 5.74) is 7.02. The lowest BCUT2D eigenvalue weighted by Gasteiger charge is -2.15. The lowest BCUT2D eigenvalue weighted by molar-refractivity contribution is 0.476. The van der Waals surface area contributed by atoms with Gasteiger partial charge in [0.05, 0.1) is 5.75 Å². The summed E-state index contributed by atoms with van der Waals surface area (Å²) in [5.74, 6) is 0.0462. The molecule has 2 N–H and O–H groups in total. The number of hydrogen-bond acceptors (Lipinski definition) is 3. The van der Waals surface area contributed by atoms with Crippen LogP contribution in [-0.2, 0) is 15.8 Å². The van der Waals surface area contributed by atoms with Gasteiger partial charge in [-0.3, -0.25) is 0 Å². The van der Waals surface area contributed by atoms with Gasteiger partial charge in [0, 0.05) is 18.7 Å². The number of nitrogens with zero attached hydrogens (tertiary/aromatic N) is 1. The van der Waals surface area contributed by atoms with Gasteiger partial charge in [-0.15, -0.1) is 0 Å². The molecule has 6 heteroatoms. The summed E-state index contributed by atoms with van der Waals surface area (Å²) < 4.78 is 25.8. The van der Waals surface area contributed by atoms with Crippen molar-refractivity contribution in [3.63, 3.8) is 0 Å². The Morgan fingerprint density at radius 2 is 1.78 bits per heavy atom. The predicted molar refractivity (Wildman–Crippen MR) is 75.8 cm³/mol. The van der Waals surface area contributed by atoms with Crippen LogP contribution in [0.1, 0.15) is 24.0 Å². The quantitative estimate of drug-likeness (QED) is 0.845. The summed E-state index contributed by atoms with van der Waals surface area (Å²) in [5, 5.41) is 0. The molecule has 4 nitrogen and oxygen atoms in total. The predicted octanol–water partition coefficient (Wildman–Crippen LogP) is 1.25. The Labute approximate surface area is 113 Å². The van der Waals surface area contributed by atoms with Crippen molar-refractivity contribution in [2.75, 3.05) is 13.1 Å². The number of nitrogens with two attached hydrogens (primary N) is 1. The van der Waals surface area contributed by atoms with Crippen molar-refractivity contribution in [3.05, 3.63) is 35.4 Å². The molecular weight excluding hydrogens is 268 g/mol. The van der Waals surface area contributed by atoms with E-state index < -0.39 is 10.0 Å². The second kappa shape index (κ2) is 5.34. The third-order valence-corrected chi connectivity index (χ3v) is 5.13. The summed E-state index contributed by atoms with van der Waals surface area (Å²) in [6.45, 7) is 1.29. The van der Waals surface area contributed by atoms with Gasteiger partial charge in [-0.2, -0.15) is 0 Å². The molecule has 98 valence electrons. The van der Waals surface area contributed by atoms with Crippen molar-refractivity contribution in [1.82, 2.24) is 4.31 Å². The molecule has 1 aromatic rings. The zero-order valence-corrected chi connectivity index (χ0v) is 11.6. The molecule has 0 spiro atoms. The van der Waals surface area contributed by atoms with E-state index in [0.717, 1.165) is 24.0 Å². The Bertz CT molecular complexity index is 532. The van der Waals surface area contributed by atoms with Crippen molar-refractivity contribution in [1.29, 1.82) is 0 Å². The molecule has 0 aliphatic carbocycles. The molecule has 1 aliphatic rings. The Kier molecular flexibility index (Phi) is 3.99. The first kappa shape index (κ1) is 13.5. The first-order chi connectivity index (χ1) is 8.49. The number of hydrogen-bond donors (Lipinski definition) is 1. The molecule has 1 saturated heterocycles. The second-order valence-corrected chi connectivity index (χ2v) is 6.83. The maximum absolute atomic E-state index is 12.1. The zero-order chi connectivity index (χ0) is 13.2. The molecule has 0 atom stereocenters. The van der Waals surface area contributed by atoms with Crippen molar-refractivity contribution in [2.24, 2.45) is 5.73 Å². The second-order valence-electron chi connectivity index (χ2n) is 4.42. The number of benzene rings is 1. The van der Waals surface area contributed by atoms with Crippen molar-refractivity contribution in [3.8, 4) is 0 Å². The van der Waals surface area contributed by atoms with E-state index in [1.807, 2.05) is 0 Å². The van der Waals surface area contributed by atoms with Gasteiger partial charge in [0.25, 0.3) is 0 Å². The maximum Gasteiger partial charge on any atom is 0.218 e. The van der Waals surface area contributed by atoms with Gasteiger partial charge in [0.15, 0.2) is 0 Å². The molecular formula is C12H16N2O2S2. The van der Waals surface area contributed by atoms with Crippen LogP contribution < -0.4 is 5.73 Å². The highest BCUT2D eigenvalue weighted by molar-refractivity contribution is 7.88. The first-order valence-electron chi connectivity index (χ1n) is 5.85. The van der Waals surface area contributed by atoms with Gasteiger partial charge >= 0.3 is 0 Å². The van der Waals surface area contributed by atoms with Crippen LogP contribution in [0.5, 0.6) is 0 Å². The SMILES string of the molecule is NC(=S)c1ccc(CS(=O)(=O)N2CCCC2)cc1. The molecule has 1 heterocycles.